The van der Waals surface area contributed by atoms with Crippen LogP contribution in [0.25, 0.3) is 0 Å². The number of hydrogen-bond acceptors (Lipinski definition) is 3. The van der Waals surface area contributed by atoms with Gasteiger partial charge in [0.1, 0.15) is 5.54 Å². The number of carbonyl (C=O) groups is 1. The average molecular weight is 325 g/mol. The van der Waals surface area contributed by atoms with Crippen molar-refractivity contribution in [1.82, 2.24) is 10.2 Å². The van der Waals surface area contributed by atoms with Gasteiger partial charge >= 0.3 is 0 Å². The summed E-state index contributed by atoms with van der Waals surface area (Å²) >= 11 is 0. The molecule has 1 saturated carbocycles. The average Bonchev–Trinajstić information content (AvgIpc) is 3.03. The van der Waals surface area contributed by atoms with Gasteiger partial charge in [-0.25, -0.2) is 0 Å². The van der Waals surface area contributed by atoms with Crippen molar-refractivity contribution in [2.45, 2.75) is 62.9 Å². The zero-order valence-electron chi connectivity index (χ0n) is 14.3. The molecule has 1 aliphatic carbocycles. The summed E-state index contributed by atoms with van der Waals surface area (Å²) < 4.78 is 0. The normalized spacial score (nSPS) is 23.5. The van der Waals surface area contributed by atoms with Crippen molar-refractivity contribution in [3.8, 4) is 6.07 Å². The Kier molecular flexibility index (Phi) is 5.52. The van der Waals surface area contributed by atoms with Gasteiger partial charge < -0.3 is 5.32 Å². The Balaban J connectivity index is 1.56. The zero-order chi connectivity index (χ0) is 16.8. The van der Waals surface area contributed by atoms with E-state index in [1.54, 1.807) is 0 Å². The van der Waals surface area contributed by atoms with Crippen molar-refractivity contribution >= 4 is 5.91 Å². The molecule has 1 aromatic rings. The predicted octanol–water partition coefficient (Wildman–Crippen LogP) is 3.04. The third-order valence-corrected chi connectivity index (χ3v) is 5.46. The van der Waals surface area contributed by atoms with Crippen molar-refractivity contribution in [2.24, 2.45) is 0 Å². The van der Waals surface area contributed by atoms with Crippen LogP contribution < -0.4 is 5.32 Å². The van der Waals surface area contributed by atoms with Gasteiger partial charge in [-0.05, 0) is 44.2 Å². The van der Waals surface area contributed by atoms with Crippen LogP contribution in [-0.4, -0.2) is 35.5 Å². The summed E-state index contributed by atoms with van der Waals surface area (Å²) in [5.74, 6) is 0.0124. The minimum Gasteiger partial charge on any atom is -0.337 e. The Labute approximate surface area is 144 Å². The molecule has 3 rings (SSSR count). The first-order valence-electron chi connectivity index (χ1n) is 9.21. The molecule has 0 bridgehead atoms. The maximum atomic E-state index is 12.5. The summed E-state index contributed by atoms with van der Waals surface area (Å²) in [7, 11) is 0. The Morgan fingerprint density at radius 1 is 1.21 bits per heavy atom. The molecule has 1 atom stereocenters. The SMILES string of the molecule is N#CC1(NC(=O)CN2CCCC2Cc2ccccc2)CCCCC1. The minimum atomic E-state index is -0.621. The Morgan fingerprint density at radius 2 is 1.96 bits per heavy atom. The van der Waals surface area contributed by atoms with E-state index >= 15 is 0 Å². The Bertz CT molecular complexity index is 587. The molecule has 2 fully saturated rings. The molecule has 1 heterocycles. The van der Waals surface area contributed by atoms with Crippen molar-refractivity contribution < 1.29 is 4.79 Å². The second-order valence-corrected chi connectivity index (χ2v) is 7.26. The highest BCUT2D eigenvalue weighted by atomic mass is 16.2. The Morgan fingerprint density at radius 3 is 2.67 bits per heavy atom. The fourth-order valence-corrected chi connectivity index (χ4v) is 4.13. The first-order valence-corrected chi connectivity index (χ1v) is 9.21. The largest absolute Gasteiger partial charge is 0.337 e. The molecule has 4 nitrogen and oxygen atoms in total. The number of carbonyl (C=O) groups excluding carboxylic acids is 1. The van der Waals surface area contributed by atoms with E-state index in [2.05, 4.69) is 40.6 Å². The maximum absolute atomic E-state index is 12.5. The van der Waals surface area contributed by atoms with E-state index in [4.69, 9.17) is 0 Å². The molecule has 1 N–H and O–H groups in total. The molecule has 0 spiro atoms. The van der Waals surface area contributed by atoms with Crippen LogP contribution in [-0.2, 0) is 11.2 Å². The van der Waals surface area contributed by atoms with E-state index in [0.717, 1.165) is 51.5 Å². The highest BCUT2D eigenvalue weighted by Crippen LogP contribution is 2.28. The summed E-state index contributed by atoms with van der Waals surface area (Å²) in [4.78, 5) is 14.8. The number of hydrogen-bond donors (Lipinski definition) is 1. The van der Waals surface area contributed by atoms with E-state index in [9.17, 15) is 10.1 Å². The van der Waals surface area contributed by atoms with Crippen molar-refractivity contribution in [2.75, 3.05) is 13.1 Å². The van der Waals surface area contributed by atoms with E-state index in [1.807, 2.05) is 6.07 Å². The molecule has 128 valence electrons. The first-order chi connectivity index (χ1) is 11.7. The standard InChI is InChI=1S/C20H27N3O/c21-16-20(11-5-2-6-12-20)22-19(24)15-23-13-7-10-18(23)14-17-8-3-1-4-9-17/h1,3-4,8-9,18H,2,5-7,10-15H2,(H,22,24). The van der Waals surface area contributed by atoms with Crippen LogP contribution in [0.4, 0.5) is 0 Å². The summed E-state index contributed by atoms with van der Waals surface area (Å²) in [5, 5.41) is 12.6. The van der Waals surface area contributed by atoms with Crippen LogP contribution in [0.15, 0.2) is 30.3 Å². The highest BCUT2D eigenvalue weighted by molar-refractivity contribution is 5.79. The van der Waals surface area contributed by atoms with Crippen LogP contribution in [0.3, 0.4) is 0 Å². The van der Waals surface area contributed by atoms with Gasteiger partial charge in [-0.3, -0.25) is 9.69 Å². The van der Waals surface area contributed by atoms with Crippen LogP contribution in [0.5, 0.6) is 0 Å². The second kappa shape index (κ2) is 7.81. The van der Waals surface area contributed by atoms with E-state index in [-0.39, 0.29) is 5.91 Å². The van der Waals surface area contributed by atoms with Gasteiger partial charge in [0.2, 0.25) is 5.91 Å². The van der Waals surface area contributed by atoms with Gasteiger partial charge in [0.05, 0.1) is 12.6 Å². The lowest BCUT2D eigenvalue weighted by atomic mass is 9.83. The summed E-state index contributed by atoms with van der Waals surface area (Å²) in [6.45, 7) is 1.39. The van der Waals surface area contributed by atoms with E-state index in [0.29, 0.717) is 12.6 Å². The van der Waals surface area contributed by atoms with Gasteiger partial charge in [-0.2, -0.15) is 5.26 Å². The van der Waals surface area contributed by atoms with E-state index in [1.165, 1.54) is 12.0 Å². The van der Waals surface area contributed by atoms with Crippen molar-refractivity contribution in [3.63, 3.8) is 0 Å². The Hall–Kier alpha value is -1.86. The third-order valence-electron chi connectivity index (χ3n) is 5.46. The lowest BCUT2D eigenvalue weighted by Gasteiger charge is -2.33. The summed E-state index contributed by atoms with van der Waals surface area (Å²) in [6, 6.07) is 13.3. The second-order valence-electron chi connectivity index (χ2n) is 7.26. The topological polar surface area (TPSA) is 56.1 Å². The molecule has 24 heavy (non-hydrogen) atoms. The summed E-state index contributed by atoms with van der Waals surface area (Å²) in [5.41, 5.74) is 0.708. The lowest BCUT2D eigenvalue weighted by Crippen LogP contribution is -2.52. The number of nitriles is 1. The van der Waals surface area contributed by atoms with Crippen LogP contribution >= 0.6 is 0 Å². The molecule has 1 aromatic carbocycles. The molecule has 1 saturated heterocycles. The fraction of sp³-hybridized carbons (Fsp3) is 0.600. The summed E-state index contributed by atoms with van der Waals surface area (Å²) in [6.07, 6.45) is 8.12. The molecule has 1 amide bonds. The van der Waals surface area contributed by atoms with Crippen LogP contribution in [0.2, 0.25) is 0 Å². The van der Waals surface area contributed by atoms with Crippen LogP contribution in [0.1, 0.15) is 50.5 Å². The number of benzene rings is 1. The number of likely N-dealkylation sites (tertiary alicyclic amines) is 1. The number of rotatable bonds is 5. The molecule has 2 aliphatic rings. The zero-order valence-corrected chi connectivity index (χ0v) is 14.3. The molecular formula is C20H27N3O. The van der Waals surface area contributed by atoms with Crippen LogP contribution in [0, 0.1) is 11.3 Å². The highest BCUT2D eigenvalue weighted by Gasteiger charge is 2.35. The molecular weight excluding hydrogens is 298 g/mol. The molecule has 0 radical (unpaired) electrons. The molecule has 4 heteroatoms. The quantitative estimate of drug-likeness (QED) is 0.905. The number of amides is 1. The van der Waals surface area contributed by atoms with E-state index < -0.39 is 5.54 Å². The van der Waals surface area contributed by atoms with Gasteiger partial charge in [-0.1, -0.05) is 49.6 Å². The maximum Gasteiger partial charge on any atom is 0.235 e. The predicted molar refractivity (Wildman–Crippen MR) is 94.3 cm³/mol. The van der Waals surface area contributed by atoms with Crippen molar-refractivity contribution in [1.29, 1.82) is 5.26 Å². The molecule has 0 aromatic heterocycles. The lowest BCUT2D eigenvalue weighted by molar-refractivity contribution is -0.124. The molecule has 1 unspecified atom stereocenters. The minimum absolute atomic E-state index is 0.0124. The third kappa shape index (κ3) is 4.15. The van der Waals surface area contributed by atoms with Gasteiger partial charge in [0.25, 0.3) is 0 Å². The smallest absolute Gasteiger partial charge is 0.235 e. The van der Waals surface area contributed by atoms with Gasteiger partial charge in [0, 0.05) is 6.04 Å². The molecule has 1 aliphatic heterocycles. The number of nitrogens with zero attached hydrogens (tertiary/aromatic N) is 2. The first kappa shape index (κ1) is 17.0. The van der Waals surface area contributed by atoms with Gasteiger partial charge in [-0.15, -0.1) is 0 Å². The number of nitrogens with one attached hydrogen (secondary N) is 1. The fourth-order valence-electron chi connectivity index (χ4n) is 4.13. The van der Waals surface area contributed by atoms with Crippen molar-refractivity contribution in [3.05, 3.63) is 35.9 Å². The monoisotopic (exact) mass is 325 g/mol. The van der Waals surface area contributed by atoms with Gasteiger partial charge in [0.15, 0.2) is 0 Å².